The number of carboxylic acids is 1. The molecule has 0 aromatic carbocycles. The minimum absolute atomic E-state index is 0. The lowest BCUT2D eigenvalue weighted by Crippen LogP contribution is -2.30. The van der Waals surface area contributed by atoms with E-state index in [-0.39, 0.29) is 37.0 Å². The third-order valence-corrected chi connectivity index (χ3v) is 2.63. The molecule has 7 heteroatoms. The number of nitrogens with two attached hydrogens (primary N) is 1. The lowest BCUT2D eigenvalue weighted by Gasteiger charge is -2.09. The predicted molar refractivity (Wildman–Crippen MR) is 76.8 cm³/mol. The summed E-state index contributed by atoms with van der Waals surface area (Å²) in [5, 5.41) is 8.44. The van der Waals surface area contributed by atoms with E-state index in [0.717, 1.165) is 6.42 Å². The van der Waals surface area contributed by atoms with E-state index >= 15 is 0 Å². The Labute approximate surface area is 125 Å². The van der Waals surface area contributed by atoms with Gasteiger partial charge in [-0.3, -0.25) is 14.4 Å². The maximum Gasteiger partial charge on any atom is 0.305 e. The number of hydrogen-bond donors (Lipinski definition) is 2. The minimum Gasteiger partial charge on any atom is -0.481 e. The van der Waals surface area contributed by atoms with Gasteiger partial charge in [-0.1, -0.05) is 6.92 Å². The van der Waals surface area contributed by atoms with Gasteiger partial charge in [0.25, 0.3) is 0 Å². The number of ketones is 1. The number of hydrogen-bond acceptors (Lipinski definition) is 5. The van der Waals surface area contributed by atoms with Crippen molar-refractivity contribution in [3.63, 3.8) is 0 Å². The maximum atomic E-state index is 11.4. The molecule has 0 aliphatic heterocycles. The van der Waals surface area contributed by atoms with Crippen LogP contribution in [0.2, 0.25) is 0 Å². The fraction of sp³-hybridized carbons (Fsp3) is 0.769. The Balaban J connectivity index is 0. The summed E-state index contributed by atoms with van der Waals surface area (Å²) in [5.41, 5.74) is 5.64. The van der Waals surface area contributed by atoms with Gasteiger partial charge in [0.05, 0.1) is 19.1 Å². The lowest BCUT2D eigenvalue weighted by molar-refractivity contribution is -0.143. The molecule has 0 heterocycles. The van der Waals surface area contributed by atoms with E-state index in [4.69, 9.17) is 15.6 Å². The van der Waals surface area contributed by atoms with Crippen LogP contribution >= 0.6 is 12.4 Å². The second kappa shape index (κ2) is 12.9. The highest BCUT2D eigenvalue weighted by molar-refractivity contribution is 5.86. The summed E-state index contributed by atoms with van der Waals surface area (Å²) in [5.74, 6) is -1.43. The Morgan fingerprint density at radius 2 is 1.80 bits per heavy atom. The molecule has 0 amide bonds. The zero-order valence-electron chi connectivity index (χ0n) is 11.8. The van der Waals surface area contributed by atoms with E-state index < -0.39 is 12.0 Å². The summed E-state index contributed by atoms with van der Waals surface area (Å²) >= 11 is 0. The average molecular weight is 310 g/mol. The summed E-state index contributed by atoms with van der Waals surface area (Å²) in [6.45, 7) is 2.25. The van der Waals surface area contributed by atoms with E-state index in [1.54, 1.807) is 0 Å². The molecule has 0 fully saturated rings. The summed E-state index contributed by atoms with van der Waals surface area (Å²) in [6.07, 6.45) is 2.82. The van der Waals surface area contributed by atoms with Crippen molar-refractivity contribution in [1.29, 1.82) is 0 Å². The van der Waals surface area contributed by atoms with Crippen LogP contribution in [-0.2, 0) is 19.1 Å². The van der Waals surface area contributed by atoms with Crippen LogP contribution in [0.25, 0.3) is 0 Å². The van der Waals surface area contributed by atoms with Crippen LogP contribution in [0.15, 0.2) is 0 Å². The van der Waals surface area contributed by atoms with Crippen LogP contribution in [0, 0.1) is 0 Å². The lowest BCUT2D eigenvalue weighted by atomic mass is 10.0. The number of aliphatic carboxylic acids is 1. The van der Waals surface area contributed by atoms with Crippen molar-refractivity contribution in [2.24, 2.45) is 5.73 Å². The van der Waals surface area contributed by atoms with Crippen molar-refractivity contribution in [2.75, 3.05) is 6.61 Å². The van der Waals surface area contributed by atoms with E-state index in [9.17, 15) is 14.4 Å². The van der Waals surface area contributed by atoms with E-state index in [0.29, 0.717) is 32.3 Å². The molecule has 0 radical (unpaired) electrons. The van der Waals surface area contributed by atoms with E-state index in [1.807, 2.05) is 6.92 Å². The van der Waals surface area contributed by atoms with Gasteiger partial charge in [-0.15, -0.1) is 12.4 Å². The van der Waals surface area contributed by atoms with Crippen molar-refractivity contribution in [3.8, 4) is 0 Å². The molecular formula is C13H24ClNO5. The molecule has 20 heavy (non-hydrogen) atoms. The molecule has 0 saturated carbocycles. The number of rotatable bonds is 11. The molecule has 3 N–H and O–H groups in total. The molecule has 0 rings (SSSR count). The van der Waals surface area contributed by atoms with Crippen LogP contribution in [0.5, 0.6) is 0 Å². The number of halogens is 1. The van der Waals surface area contributed by atoms with E-state index in [1.165, 1.54) is 0 Å². The molecule has 0 bridgehead atoms. The topological polar surface area (TPSA) is 107 Å². The Hall–Kier alpha value is -1.14. The van der Waals surface area contributed by atoms with Crippen LogP contribution in [-0.4, -0.2) is 35.5 Å². The van der Waals surface area contributed by atoms with Crippen molar-refractivity contribution in [2.45, 2.75) is 57.9 Å². The maximum absolute atomic E-state index is 11.4. The Morgan fingerprint density at radius 3 is 2.35 bits per heavy atom. The van der Waals surface area contributed by atoms with Gasteiger partial charge in [0, 0.05) is 12.8 Å². The summed E-state index contributed by atoms with van der Waals surface area (Å²) < 4.78 is 4.96. The van der Waals surface area contributed by atoms with Crippen molar-refractivity contribution >= 4 is 30.1 Å². The number of esters is 1. The highest BCUT2D eigenvalue weighted by Gasteiger charge is 2.14. The number of ether oxygens (including phenoxy) is 1. The molecule has 0 aliphatic carbocycles. The normalized spacial score (nSPS) is 11.3. The molecule has 6 nitrogen and oxygen atoms in total. The Bertz CT molecular complexity index is 309. The van der Waals surface area contributed by atoms with Crippen molar-refractivity contribution < 1.29 is 24.2 Å². The number of carboxylic acid groups (broad SMARTS) is 1. The number of Topliss-reactive ketones (excluding diaryl/α,β-unsaturated/α-hetero) is 1. The van der Waals surface area contributed by atoms with Crippen molar-refractivity contribution in [1.82, 2.24) is 0 Å². The summed E-state index contributed by atoms with van der Waals surface area (Å²) in [4.78, 5) is 32.8. The van der Waals surface area contributed by atoms with Gasteiger partial charge in [-0.2, -0.15) is 0 Å². The second-order valence-electron chi connectivity index (χ2n) is 4.43. The number of carbonyl (C=O) groups excluding carboxylic acids is 2. The van der Waals surface area contributed by atoms with Gasteiger partial charge < -0.3 is 15.6 Å². The Kier molecular flexibility index (Phi) is 13.6. The summed E-state index contributed by atoms with van der Waals surface area (Å²) in [6, 6.07) is -0.620. The van der Waals surface area contributed by atoms with Crippen LogP contribution in [0.3, 0.4) is 0 Å². The largest absolute Gasteiger partial charge is 0.481 e. The van der Waals surface area contributed by atoms with Gasteiger partial charge in [0.15, 0.2) is 0 Å². The SMILES string of the molecule is CCCC(=O)OCCCCC(N)C(=O)CCC(=O)O.Cl. The van der Waals surface area contributed by atoms with E-state index in [2.05, 4.69) is 0 Å². The molecule has 0 saturated heterocycles. The zero-order valence-corrected chi connectivity index (χ0v) is 12.6. The molecule has 0 aromatic rings. The standard InChI is InChI=1S/C13H23NO5.ClH/c1-2-5-13(18)19-9-4-3-6-10(14)11(15)7-8-12(16)17;/h10H,2-9,14H2,1H3,(H,16,17);1H. The van der Waals surface area contributed by atoms with Gasteiger partial charge in [0.1, 0.15) is 5.78 Å². The van der Waals surface area contributed by atoms with Crippen LogP contribution in [0.1, 0.15) is 51.9 Å². The van der Waals surface area contributed by atoms with Gasteiger partial charge in [-0.25, -0.2) is 0 Å². The summed E-state index contributed by atoms with van der Waals surface area (Å²) in [7, 11) is 0. The molecule has 118 valence electrons. The molecule has 0 aliphatic rings. The fourth-order valence-electron chi connectivity index (χ4n) is 1.51. The first kappa shape index (κ1) is 21.2. The number of carbonyl (C=O) groups is 3. The number of unbranched alkanes of at least 4 members (excludes halogenated alkanes) is 1. The third kappa shape index (κ3) is 11.9. The smallest absolute Gasteiger partial charge is 0.305 e. The molecule has 0 spiro atoms. The van der Waals surface area contributed by atoms with Gasteiger partial charge in [0.2, 0.25) is 0 Å². The predicted octanol–water partition coefficient (Wildman–Crippen LogP) is 1.68. The quantitative estimate of drug-likeness (QED) is 0.444. The molecule has 0 aromatic heterocycles. The third-order valence-electron chi connectivity index (χ3n) is 2.63. The Morgan fingerprint density at radius 1 is 1.15 bits per heavy atom. The first-order valence-corrected chi connectivity index (χ1v) is 6.63. The molecular weight excluding hydrogens is 286 g/mol. The molecule has 1 atom stereocenters. The first-order chi connectivity index (χ1) is 8.97. The van der Waals surface area contributed by atoms with Crippen LogP contribution < -0.4 is 5.73 Å². The monoisotopic (exact) mass is 309 g/mol. The van der Waals surface area contributed by atoms with Gasteiger partial charge in [-0.05, 0) is 25.7 Å². The fourth-order valence-corrected chi connectivity index (χ4v) is 1.51. The zero-order chi connectivity index (χ0) is 14.7. The highest BCUT2D eigenvalue weighted by atomic mass is 35.5. The first-order valence-electron chi connectivity index (χ1n) is 6.63. The average Bonchev–Trinajstić information content (AvgIpc) is 2.35. The van der Waals surface area contributed by atoms with Crippen molar-refractivity contribution in [3.05, 3.63) is 0 Å². The highest BCUT2D eigenvalue weighted by Crippen LogP contribution is 2.04. The van der Waals surface area contributed by atoms with Gasteiger partial charge >= 0.3 is 11.9 Å². The van der Waals surface area contributed by atoms with Crippen LogP contribution in [0.4, 0.5) is 0 Å². The second-order valence-corrected chi connectivity index (χ2v) is 4.43. The molecule has 1 unspecified atom stereocenters. The minimum atomic E-state index is -0.997.